The van der Waals surface area contributed by atoms with E-state index < -0.39 is 67.8 Å². The van der Waals surface area contributed by atoms with E-state index in [2.05, 4.69) is 10.2 Å². The molecule has 16 heteroatoms. The maximum Gasteiger partial charge on any atom is 0.459 e. The van der Waals surface area contributed by atoms with E-state index in [1.807, 2.05) is 11.2 Å². The van der Waals surface area contributed by atoms with Crippen LogP contribution in [0.3, 0.4) is 0 Å². The van der Waals surface area contributed by atoms with Gasteiger partial charge in [-0.15, -0.1) is 0 Å². The van der Waals surface area contributed by atoms with E-state index in [0.29, 0.717) is 0 Å². The van der Waals surface area contributed by atoms with Crippen LogP contribution in [-0.2, 0) is 30.4 Å². The number of aromatic amines is 1. The van der Waals surface area contributed by atoms with Gasteiger partial charge in [-0.05, 0) is 45.4 Å². The van der Waals surface area contributed by atoms with Crippen molar-refractivity contribution in [3.8, 4) is 16.9 Å². The predicted molar refractivity (Wildman–Crippen MR) is 147 cm³/mol. The van der Waals surface area contributed by atoms with Crippen molar-refractivity contribution in [3.05, 3.63) is 69.8 Å². The van der Waals surface area contributed by atoms with Crippen LogP contribution in [0.15, 0.2) is 58.5 Å². The van der Waals surface area contributed by atoms with Gasteiger partial charge in [-0.3, -0.25) is 28.3 Å². The van der Waals surface area contributed by atoms with Crippen molar-refractivity contribution in [2.45, 2.75) is 63.9 Å². The number of hydrogen-bond donors (Lipinski definition) is 3. The Morgan fingerprint density at radius 2 is 1.93 bits per heavy atom. The highest BCUT2D eigenvalue weighted by Crippen LogP contribution is 2.47. The van der Waals surface area contributed by atoms with Crippen molar-refractivity contribution in [3.63, 3.8) is 0 Å². The zero-order chi connectivity index (χ0) is 30.8. The Morgan fingerprint density at radius 3 is 2.52 bits per heavy atom. The van der Waals surface area contributed by atoms with E-state index in [1.54, 1.807) is 43.9 Å². The zero-order valence-electron chi connectivity index (χ0n) is 23.6. The molecule has 0 spiro atoms. The molecule has 0 bridgehead atoms. The van der Waals surface area contributed by atoms with Gasteiger partial charge >= 0.3 is 19.4 Å². The molecule has 0 amide bonds. The van der Waals surface area contributed by atoms with Gasteiger partial charge in [0.1, 0.15) is 24.0 Å². The highest BCUT2D eigenvalue weighted by molar-refractivity contribution is 7.52. The molecule has 4 rings (SSSR count). The smallest absolute Gasteiger partial charge is 0.459 e. The summed E-state index contributed by atoms with van der Waals surface area (Å²) < 4.78 is 53.9. The maximum absolute atomic E-state index is 15.6. The molecule has 1 aliphatic heterocycles. The molecule has 3 heterocycles. The lowest BCUT2D eigenvalue weighted by atomic mass is 9.98. The Kier molecular flexibility index (Phi) is 9.18. The van der Waals surface area contributed by atoms with Crippen LogP contribution in [0.4, 0.5) is 4.39 Å². The van der Waals surface area contributed by atoms with Gasteiger partial charge in [0.2, 0.25) is 0 Å². The predicted octanol–water partition coefficient (Wildman–Crippen LogP) is 2.06. The van der Waals surface area contributed by atoms with Crippen molar-refractivity contribution < 1.29 is 37.4 Å². The normalized spacial score (nSPS) is 24.3. The van der Waals surface area contributed by atoms with E-state index in [4.69, 9.17) is 18.5 Å². The Balaban J connectivity index is 1.54. The lowest BCUT2D eigenvalue weighted by Crippen LogP contribution is -2.43. The average Bonchev–Trinajstić information content (AvgIpc) is 3.43. The van der Waals surface area contributed by atoms with Gasteiger partial charge in [-0.25, -0.2) is 13.8 Å². The first-order chi connectivity index (χ1) is 19.7. The third-order valence-corrected chi connectivity index (χ3v) is 8.05. The molecule has 1 aromatic carbocycles. The first-order valence-corrected chi connectivity index (χ1v) is 14.6. The zero-order valence-corrected chi connectivity index (χ0v) is 24.5. The minimum atomic E-state index is -4.40. The standard InChI is InChI=1S/C26H33FN5O9P/c1-15(2)39-23(35)16(3)30-42(37,41-19-8-6-17(7-9-19)18-12-28-31(5)13-18)38-14-20-22(34)26(4,27)24(40-20)32-11-10-21(33)29-25(32)36/h6-13,15-16,20,22,24,34H,14H2,1-5H3,(H,30,37)(H,29,33,36)/t16-,20+,22+,24+,26+,42?/m0/s1. The van der Waals surface area contributed by atoms with Crippen LogP contribution in [0.25, 0.3) is 11.1 Å². The number of aromatic nitrogens is 4. The second kappa shape index (κ2) is 12.3. The summed E-state index contributed by atoms with van der Waals surface area (Å²) >= 11 is 0. The van der Waals surface area contributed by atoms with E-state index in [-0.39, 0.29) is 5.75 Å². The summed E-state index contributed by atoms with van der Waals surface area (Å²) in [5, 5.41) is 17.3. The van der Waals surface area contributed by atoms with Crippen molar-refractivity contribution in [2.24, 2.45) is 7.05 Å². The number of carbonyl (C=O) groups excluding carboxylic acids is 1. The summed E-state index contributed by atoms with van der Waals surface area (Å²) in [5.41, 5.74) is -2.51. The molecule has 2 aromatic heterocycles. The highest BCUT2D eigenvalue weighted by Gasteiger charge is 2.56. The highest BCUT2D eigenvalue weighted by atomic mass is 31.2. The monoisotopic (exact) mass is 609 g/mol. The molecule has 3 N–H and O–H groups in total. The van der Waals surface area contributed by atoms with Gasteiger partial charge in [0, 0.05) is 31.1 Å². The van der Waals surface area contributed by atoms with Crippen LogP contribution < -0.4 is 20.9 Å². The molecule has 6 atom stereocenters. The number of aryl methyl sites for hydroxylation is 1. The van der Waals surface area contributed by atoms with Crippen LogP contribution in [0.2, 0.25) is 0 Å². The van der Waals surface area contributed by atoms with E-state index in [1.165, 1.54) is 19.1 Å². The number of alkyl halides is 1. The van der Waals surface area contributed by atoms with Crippen molar-refractivity contribution >= 4 is 13.7 Å². The molecule has 1 saturated heterocycles. The molecule has 1 fully saturated rings. The molecule has 3 aromatic rings. The molecule has 14 nitrogen and oxygen atoms in total. The van der Waals surface area contributed by atoms with Crippen LogP contribution in [-0.4, -0.2) is 67.0 Å². The van der Waals surface area contributed by atoms with Gasteiger partial charge in [-0.1, -0.05) is 12.1 Å². The summed E-state index contributed by atoms with van der Waals surface area (Å²) in [4.78, 5) is 38.1. The van der Waals surface area contributed by atoms with Crippen molar-refractivity contribution in [1.82, 2.24) is 24.4 Å². The Labute approximate surface area is 240 Å². The van der Waals surface area contributed by atoms with E-state index in [9.17, 15) is 24.1 Å². The lowest BCUT2D eigenvalue weighted by Gasteiger charge is -2.25. The minimum Gasteiger partial charge on any atom is -0.462 e. The van der Waals surface area contributed by atoms with Crippen molar-refractivity contribution in [1.29, 1.82) is 0 Å². The van der Waals surface area contributed by atoms with Gasteiger partial charge in [-0.2, -0.15) is 10.2 Å². The molecule has 1 unspecified atom stereocenters. The number of benzene rings is 1. The molecular weight excluding hydrogens is 576 g/mol. The Hall–Kier alpha value is -3.62. The maximum atomic E-state index is 15.6. The first kappa shape index (κ1) is 31.3. The summed E-state index contributed by atoms with van der Waals surface area (Å²) in [6.45, 7) is 5.05. The first-order valence-electron chi connectivity index (χ1n) is 13.0. The largest absolute Gasteiger partial charge is 0.462 e. The summed E-state index contributed by atoms with van der Waals surface area (Å²) in [5.74, 6) is -0.612. The second-order valence-electron chi connectivity index (χ2n) is 10.3. The van der Waals surface area contributed by atoms with Crippen LogP contribution in [0.1, 0.15) is 33.9 Å². The number of H-pyrrole nitrogens is 1. The van der Waals surface area contributed by atoms with Gasteiger partial charge in [0.15, 0.2) is 11.9 Å². The van der Waals surface area contributed by atoms with Crippen molar-refractivity contribution in [2.75, 3.05) is 6.61 Å². The fraction of sp³-hybridized carbons (Fsp3) is 0.462. The van der Waals surface area contributed by atoms with Crippen LogP contribution in [0, 0.1) is 0 Å². The number of ether oxygens (including phenoxy) is 2. The van der Waals surface area contributed by atoms with E-state index >= 15 is 4.39 Å². The Morgan fingerprint density at radius 1 is 1.24 bits per heavy atom. The molecular formula is C26H33FN5O9P. The molecule has 0 aliphatic carbocycles. The fourth-order valence-electron chi connectivity index (χ4n) is 4.27. The molecule has 0 saturated carbocycles. The molecule has 1 aliphatic rings. The summed E-state index contributed by atoms with van der Waals surface area (Å²) in [6.07, 6.45) is -0.822. The lowest BCUT2D eigenvalue weighted by molar-refractivity contribution is -0.149. The number of nitrogens with zero attached hydrogens (tertiary/aromatic N) is 3. The number of carbonyl (C=O) groups is 1. The average molecular weight is 610 g/mol. The number of rotatable bonds is 11. The number of esters is 1. The summed E-state index contributed by atoms with van der Waals surface area (Å²) in [7, 11) is -2.62. The third kappa shape index (κ3) is 7.05. The molecule has 0 radical (unpaired) electrons. The summed E-state index contributed by atoms with van der Waals surface area (Å²) in [6, 6.07) is 6.34. The molecule has 42 heavy (non-hydrogen) atoms. The number of hydrogen-bond acceptors (Lipinski definition) is 10. The molecule has 228 valence electrons. The van der Waals surface area contributed by atoms with Gasteiger partial charge < -0.3 is 19.1 Å². The minimum absolute atomic E-state index is 0.115. The van der Waals surface area contributed by atoms with E-state index in [0.717, 1.165) is 34.9 Å². The second-order valence-corrected chi connectivity index (χ2v) is 12.0. The topological polar surface area (TPSA) is 176 Å². The number of nitrogens with one attached hydrogen (secondary N) is 2. The Bertz CT molecular complexity index is 1570. The van der Waals surface area contributed by atoms with Gasteiger partial charge in [0.25, 0.3) is 5.56 Å². The number of halogens is 1. The third-order valence-electron chi connectivity index (χ3n) is 6.40. The number of aliphatic hydroxyl groups is 1. The van der Waals surface area contributed by atoms with Gasteiger partial charge in [0.05, 0.1) is 18.9 Å². The SMILES string of the molecule is CC(C)OC(=O)[C@H](C)NP(=O)(OC[C@H]1O[C@@H](n2ccc(=O)[nH]c2=O)[C@](C)(F)[C@@H]1O)Oc1ccc(-c2cnn(C)c2)cc1. The number of aliphatic hydroxyl groups excluding tert-OH is 1. The van der Waals surface area contributed by atoms with Crippen LogP contribution in [0.5, 0.6) is 5.75 Å². The fourth-order valence-corrected chi connectivity index (χ4v) is 5.77. The van der Waals surface area contributed by atoms with Crippen LogP contribution >= 0.6 is 7.75 Å². The quantitative estimate of drug-likeness (QED) is 0.214.